The predicted octanol–water partition coefficient (Wildman–Crippen LogP) is 1.87. The largest absolute Gasteiger partial charge is 0.499 e. The van der Waals surface area contributed by atoms with Crippen molar-refractivity contribution in [3.8, 4) is 5.75 Å². The first-order valence-corrected chi connectivity index (χ1v) is 2.79. The summed E-state index contributed by atoms with van der Waals surface area (Å²) in [5.41, 5.74) is 1.01. The van der Waals surface area contributed by atoms with Crippen molar-refractivity contribution >= 4 is 0 Å². The fraction of sp³-hybridized carbons (Fsp3) is 0.125. The van der Waals surface area contributed by atoms with Crippen LogP contribution in [0, 0.1) is 6.92 Å². The Morgan fingerprint density at radius 1 is 1.00 bits per heavy atom. The van der Waals surface area contributed by atoms with Crippen LogP contribution in [-0.2, 0) is 63.2 Å². The van der Waals surface area contributed by atoms with Gasteiger partial charge in [0.1, 0.15) is 0 Å². The van der Waals surface area contributed by atoms with Crippen LogP contribution in [0.5, 0.6) is 5.75 Å². The van der Waals surface area contributed by atoms with E-state index in [1.807, 2.05) is 24.3 Å². The Bertz CT molecular complexity index is 186. The fourth-order valence-electron chi connectivity index (χ4n) is 0.626. The maximum atomic E-state index is 4.94. The molecule has 12 heavy (non-hydrogen) atoms. The summed E-state index contributed by atoms with van der Waals surface area (Å²) in [5.74, 6) is 0.877. The zero-order chi connectivity index (χ0) is 6.69. The summed E-state index contributed by atoms with van der Waals surface area (Å²) in [4.78, 5) is 0. The maximum Gasteiger partial charge on any atom is 0.0943 e. The third-order valence-corrected chi connectivity index (χ3v) is 1.16. The fourth-order valence-corrected chi connectivity index (χ4v) is 0.626. The Morgan fingerprint density at radius 3 is 1.75 bits per heavy atom. The van der Waals surface area contributed by atoms with Gasteiger partial charge in [0, 0.05) is 63.2 Å². The monoisotopic (exact) mass is 673 g/mol. The molecular weight excluding hydrogens is 664 g/mol. The molecule has 0 unspecified atom stereocenters. The van der Waals surface area contributed by atoms with E-state index in [1.165, 1.54) is 0 Å². The first kappa shape index (κ1) is 18.7. The molecule has 0 bridgehead atoms. The van der Waals surface area contributed by atoms with Crippen molar-refractivity contribution in [2.24, 2.45) is 0 Å². The first-order chi connectivity index (χ1) is 4.33. The molecule has 0 aromatic heterocycles. The van der Waals surface area contributed by atoms with Gasteiger partial charge in [0.25, 0.3) is 0 Å². The van der Waals surface area contributed by atoms with Gasteiger partial charge in [0.15, 0.2) is 0 Å². The van der Waals surface area contributed by atoms with E-state index >= 15 is 0 Å². The molecule has 0 saturated carbocycles. The van der Waals surface area contributed by atoms with Gasteiger partial charge in [0.2, 0.25) is 0 Å². The number of hydrogen-bond acceptors (Lipinski definition) is 1. The molecule has 0 saturated heterocycles. The molecule has 4 heteroatoms. The summed E-state index contributed by atoms with van der Waals surface area (Å²) in [6.07, 6.45) is 0. The van der Waals surface area contributed by atoms with E-state index in [0.717, 1.165) is 11.3 Å². The second kappa shape index (κ2) is 10.0. The molecule has 1 rings (SSSR count). The molecule has 1 aromatic carbocycles. The molecule has 1 aromatic rings. The van der Waals surface area contributed by atoms with Crippen LogP contribution in [-0.4, -0.2) is 7.11 Å². The summed E-state index contributed by atoms with van der Waals surface area (Å²) in [7, 11) is 1.65. The average molecular weight is 673 g/mol. The standard InChI is InChI=1S/C8H9O.3W/c1-7-3-5-8(9-2)6-4-7;;;/h3-6H,1H2,2H3;;;/q-1;;;. The molecule has 0 spiro atoms. The van der Waals surface area contributed by atoms with E-state index in [9.17, 15) is 0 Å². The summed E-state index contributed by atoms with van der Waals surface area (Å²) in [6.45, 7) is 3.74. The van der Waals surface area contributed by atoms with Crippen LogP contribution < -0.4 is 4.74 Å². The minimum absolute atomic E-state index is 0. The van der Waals surface area contributed by atoms with Gasteiger partial charge in [-0.15, -0.1) is 0 Å². The molecule has 66 valence electrons. The van der Waals surface area contributed by atoms with Gasteiger partial charge >= 0.3 is 0 Å². The number of ether oxygens (including phenoxy) is 1. The number of rotatable bonds is 1. The van der Waals surface area contributed by atoms with Gasteiger partial charge < -0.3 is 4.74 Å². The summed E-state index contributed by atoms with van der Waals surface area (Å²) < 4.78 is 4.94. The molecule has 0 atom stereocenters. The van der Waals surface area contributed by atoms with Crippen LogP contribution in [0.15, 0.2) is 24.3 Å². The van der Waals surface area contributed by atoms with Crippen LogP contribution in [0.3, 0.4) is 0 Å². The molecule has 0 aliphatic heterocycles. The Labute approximate surface area is 116 Å². The third-order valence-electron chi connectivity index (χ3n) is 1.16. The van der Waals surface area contributed by atoms with E-state index in [1.54, 1.807) is 7.11 Å². The molecule has 0 fully saturated rings. The number of methoxy groups -OCH3 is 1. The molecular formula is C8H9OW3-. The Kier molecular flexibility index (Phi) is 15.6. The van der Waals surface area contributed by atoms with Crippen molar-refractivity contribution < 1.29 is 67.9 Å². The van der Waals surface area contributed by atoms with E-state index < -0.39 is 0 Å². The van der Waals surface area contributed by atoms with Crippen LogP contribution >= 0.6 is 0 Å². The van der Waals surface area contributed by atoms with Crippen molar-refractivity contribution in [2.75, 3.05) is 7.11 Å². The molecule has 0 aliphatic rings. The Morgan fingerprint density at radius 2 is 1.42 bits per heavy atom. The van der Waals surface area contributed by atoms with Gasteiger partial charge in [0.05, 0.1) is 12.9 Å². The Hall–Kier alpha value is 0.955. The van der Waals surface area contributed by atoms with E-state index in [2.05, 4.69) is 6.92 Å². The van der Waals surface area contributed by atoms with Gasteiger partial charge in [-0.2, -0.15) is 24.6 Å². The first-order valence-electron chi connectivity index (χ1n) is 2.79. The molecule has 0 N–H and O–H groups in total. The summed E-state index contributed by atoms with van der Waals surface area (Å²) >= 11 is 0. The van der Waals surface area contributed by atoms with E-state index in [4.69, 9.17) is 4.74 Å². The minimum atomic E-state index is 0. The minimum Gasteiger partial charge on any atom is -0.499 e. The maximum absolute atomic E-state index is 4.94. The predicted molar refractivity (Wildman–Crippen MR) is 37.5 cm³/mol. The van der Waals surface area contributed by atoms with Crippen LogP contribution in [0.4, 0.5) is 0 Å². The SMILES string of the molecule is [CH2-]c1ccc(OC)cc1.[W].[W].[W]. The van der Waals surface area contributed by atoms with Gasteiger partial charge in [-0.05, 0) is 0 Å². The number of benzene rings is 1. The second-order valence-corrected chi connectivity index (χ2v) is 1.85. The summed E-state index contributed by atoms with van der Waals surface area (Å²) in [6, 6.07) is 7.61. The van der Waals surface area contributed by atoms with Gasteiger partial charge in [-0.1, -0.05) is 12.1 Å². The van der Waals surface area contributed by atoms with Crippen LogP contribution in [0.25, 0.3) is 0 Å². The van der Waals surface area contributed by atoms with Gasteiger partial charge in [-0.3, -0.25) is 0 Å². The molecule has 0 amide bonds. The van der Waals surface area contributed by atoms with Crippen molar-refractivity contribution in [2.45, 2.75) is 0 Å². The van der Waals surface area contributed by atoms with Crippen molar-refractivity contribution in [1.82, 2.24) is 0 Å². The van der Waals surface area contributed by atoms with Crippen molar-refractivity contribution in [1.29, 1.82) is 0 Å². The van der Waals surface area contributed by atoms with Crippen molar-refractivity contribution in [3.63, 3.8) is 0 Å². The smallest absolute Gasteiger partial charge is 0.0943 e. The number of hydrogen-bond donors (Lipinski definition) is 0. The van der Waals surface area contributed by atoms with Crippen molar-refractivity contribution in [3.05, 3.63) is 36.8 Å². The second-order valence-electron chi connectivity index (χ2n) is 1.85. The molecule has 1 nitrogen and oxygen atoms in total. The molecule has 0 aliphatic carbocycles. The Balaban J connectivity index is -0.000000270. The zero-order valence-electron chi connectivity index (χ0n) is 6.65. The molecule has 0 heterocycles. The quantitative estimate of drug-likeness (QED) is 0.415. The van der Waals surface area contributed by atoms with Gasteiger partial charge in [-0.25, -0.2) is 0 Å². The van der Waals surface area contributed by atoms with E-state index in [0.29, 0.717) is 0 Å². The molecule has 0 radical (unpaired) electrons. The topological polar surface area (TPSA) is 9.23 Å². The van der Waals surface area contributed by atoms with E-state index in [-0.39, 0.29) is 63.2 Å². The zero-order valence-corrected chi connectivity index (χ0v) is 15.4. The van der Waals surface area contributed by atoms with Crippen LogP contribution in [0.1, 0.15) is 5.56 Å². The average Bonchev–Trinajstić information content (AvgIpc) is 1.90. The van der Waals surface area contributed by atoms with Crippen LogP contribution in [0.2, 0.25) is 0 Å². The third kappa shape index (κ3) is 6.47. The summed E-state index contributed by atoms with van der Waals surface area (Å²) in [5, 5.41) is 0. The normalized spacial score (nSPS) is 6.75.